The van der Waals surface area contributed by atoms with Gasteiger partial charge in [-0.2, -0.15) is 0 Å². The number of rotatable bonds is 13. The van der Waals surface area contributed by atoms with E-state index in [0.29, 0.717) is 30.6 Å². The van der Waals surface area contributed by atoms with Crippen LogP contribution < -0.4 is 5.73 Å². The number of nitrogens with two attached hydrogens (primary N) is 1. The van der Waals surface area contributed by atoms with E-state index in [9.17, 15) is 13.2 Å². The van der Waals surface area contributed by atoms with E-state index < -0.39 is 28.5 Å². The second kappa shape index (κ2) is 12.8. The first-order valence-corrected chi connectivity index (χ1v) is 13.4. The third-order valence-corrected chi connectivity index (χ3v) is 7.38. The number of hydrogen-bond donors (Lipinski definition) is 3. The van der Waals surface area contributed by atoms with Crippen molar-refractivity contribution in [3.63, 3.8) is 0 Å². The Morgan fingerprint density at radius 2 is 1.64 bits per heavy atom. The summed E-state index contributed by atoms with van der Waals surface area (Å²) in [5.41, 5.74) is 6.41. The average Bonchev–Trinajstić information content (AvgIpc) is 2.77. The van der Waals surface area contributed by atoms with Crippen LogP contribution in [-0.4, -0.2) is 93.0 Å². The lowest BCUT2D eigenvalue weighted by molar-refractivity contribution is -0.147. The van der Waals surface area contributed by atoms with Gasteiger partial charge in [0.2, 0.25) is 0 Å². The molecule has 1 fully saturated rings. The molecular weight excluding hydrogens is 445 g/mol. The van der Waals surface area contributed by atoms with Gasteiger partial charge < -0.3 is 25.4 Å². The lowest BCUT2D eigenvalue weighted by Gasteiger charge is -2.35. The minimum Gasteiger partial charge on any atom is -0.468 e. The van der Waals surface area contributed by atoms with E-state index in [4.69, 9.17) is 20.5 Å². The maximum absolute atomic E-state index is 12.2. The normalized spacial score (nSPS) is 17.5. The predicted molar refractivity (Wildman–Crippen MR) is 128 cm³/mol. The van der Waals surface area contributed by atoms with Crippen LogP contribution in [0.25, 0.3) is 0 Å². The first kappa shape index (κ1) is 27.7. The van der Waals surface area contributed by atoms with Crippen LogP contribution in [0.1, 0.15) is 37.7 Å². The Morgan fingerprint density at radius 1 is 1.06 bits per heavy atom. The van der Waals surface area contributed by atoms with Gasteiger partial charge in [0.25, 0.3) is 0 Å². The summed E-state index contributed by atoms with van der Waals surface area (Å²) in [6, 6.07) is 7.07. The van der Waals surface area contributed by atoms with Crippen molar-refractivity contribution in [2.24, 2.45) is 5.73 Å². The van der Waals surface area contributed by atoms with Gasteiger partial charge in [0.05, 0.1) is 12.0 Å². The third-order valence-electron chi connectivity index (χ3n) is 6.25. The Bertz CT molecular complexity index is 844. The van der Waals surface area contributed by atoms with E-state index in [1.165, 1.54) is 13.4 Å². The fourth-order valence-electron chi connectivity index (χ4n) is 4.19. The summed E-state index contributed by atoms with van der Waals surface area (Å²) in [5, 5.41) is 17.9. The number of esters is 1. The van der Waals surface area contributed by atoms with E-state index in [1.807, 2.05) is 12.1 Å². The molecule has 0 saturated carbocycles. The number of piperazine rings is 1. The smallest absolute Gasteiger partial charge is 0.451 e. The lowest BCUT2D eigenvalue weighted by atomic mass is 9.81. The average molecular weight is 483 g/mol. The van der Waals surface area contributed by atoms with Gasteiger partial charge in [0, 0.05) is 39.0 Å². The molecule has 0 spiro atoms. The monoisotopic (exact) mass is 483 g/mol. The zero-order valence-electron chi connectivity index (χ0n) is 19.8. The molecule has 0 aliphatic carbocycles. The van der Waals surface area contributed by atoms with Crippen LogP contribution in [0.2, 0.25) is 6.32 Å². The Kier molecular flexibility index (Phi) is 10.8. The molecule has 1 unspecified atom stereocenters. The highest BCUT2D eigenvalue weighted by Crippen LogP contribution is 2.21. The molecule has 1 aromatic carbocycles. The fourth-order valence-corrected chi connectivity index (χ4v) is 4.82. The topological polar surface area (TPSA) is 133 Å². The zero-order chi connectivity index (χ0) is 24.5. The first-order chi connectivity index (χ1) is 15.5. The summed E-state index contributed by atoms with van der Waals surface area (Å²) < 4.78 is 28.1. The first-order valence-electron chi connectivity index (χ1n) is 11.5. The minimum atomic E-state index is -3.18. The summed E-state index contributed by atoms with van der Waals surface area (Å²) in [7, 11) is -3.17. The molecule has 2 rings (SSSR count). The van der Waals surface area contributed by atoms with Crippen molar-refractivity contribution in [1.29, 1.82) is 0 Å². The number of ether oxygens (including phenoxy) is 1. The number of unbranched alkanes of at least 4 members (excludes halogenated alkanes) is 1. The summed E-state index contributed by atoms with van der Waals surface area (Å²) in [6.07, 6.45) is 4.46. The van der Waals surface area contributed by atoms with Crippen LogP contribution in [0.3, 0.4) is 0 Å². The van der Waals surface area contributed by atoms with Crippen LogP contribution in [0, 0.1) is 0 Å². The van der Waals surface area contributed by atoms with Crippen molar-refractivity contribution in [3.8, 4) is 0 Å². The van der Waals surface area contributed by atoms with Crippen molar-refractivity contribution < 1.29 is 28.0 Å². The van der Waals surface area contributed by atoms with Crippen LogP contribution in [-0.2, 0) is 25.9 Å². The Labute approximate surface area is 198 Å². The standard InChI is InChI=1S/C22H38BN3O6S/c1-32-21(27)22(24,10-3-4-12-23(28)29)11-5-13-25-14-16-26(17-15-25)18-19-6-8-20(9-7-19)33(2,30)31/h6-9,28-29H,3-5,10-18,24H2,1-2H3. The van der Waals surface area contributed by atoms with Crippen LogP contribution in [0.15, 0.2) is 29.2 Å². The SMILES string of the molecule is COC(=O)C(N)(CCCCB(O)O)CCCN1CCN(Cc2ccc(S(C)(=O)=O)cc2)CC1. The fraction of sp³-hybridized carbons (Fsp3) is 0.682. The number of hydrogen-bond acceptors (Lipinski definition) is 9. The molecule has 1 heterocycles. The molecular formula is C22H38BN3O6S. The van der Waals surface area contributed by atoms with Gasteiger partial charge >= 0.3 is 13.1 Å². The second-order valence-corrected chi connectivity index (χ2v) is 11.0. The van der Waals surface area contributed by atoms with Crippen molar-refractivity contribution in [2.45, 2.75) is 55.4 Å². The zero-order valence-corrected chi connectivity index (χ0v) is 20.6. The number of benzene rings is 1. The molecule has 0 aromatic heterocycles. The number of carbonyl (C=O) groups is 1. The van der Waals surface area contributed by atoms with Gasteiger partial charge in [-0.25, -0.2) is 8.42 Å². The summed E-state index contributed by atoms with van der Waals surface area (Å²) >= 11 is 0. The predicted octanol–water partition coefficient (Wildman–Crippen LogP) is 0.502. The summed E-state index contributed by atoms with van der Waals surface area (Å²) in [4.78, 5) is 17.3. The molecule has 9 nitrogen and oxygen atoms in total. The molecule has 11 heteroatoms. The van der Waals surface area contributed by atoms with Gasteiger partial charge in [0.15, 0.2) is 9.84 Å². The lowest BCUT2D eigenvalue weighted by Crippen LogP contribution is -2.50. The van der Waals surface area contributed by atoms with E-state index in [2.05, 4.69) is 9.80 Å². The molecule has 1 atom stereocenters. The number of methoxy groups -OCH3 is 1. The molecule has 33 heavy (non-hydrogen) atoms. The van der Waals surface area contributed by atoms with Crippen molar-refractivity contribution in [3.05, 3.63) is 29.8 Å². The minimum absolute atomic E-state index is 0.267. The second-order valence-electron chi connectivity index (χ2n) is 9.01. The maximum atomic E-state index is 12.2. The highest BCUT2D eigenvalue weighted by Gasteiger charge is 2.34. The van der Waals surface area contributed by atoms with E-state index in [1.54, 1.807) is 12.1 Å². The van der Waals surface area contributed by atoms with Crippen LogP contribution >= 0.6 is 0 Å². The molecule has 0 radical (unpaired) electrons. The van der Waals surface area contributed by atoms with Gasteiger partial charge in [0.1, 0.15) is 5.54 Å². The molecule has 186 valence electrons. The van der Waals surface area contributed by atoms with Gasteiger partial charge in [-0.15, -0.1) is 0 Å². The quantitative estimate of drug-likeness (QED) is 0.208. The molecule has 0 bridgehead atoms. The Morgan fingerprint density at radius 3 is 2.18 bits per heavy atom. The highest BCUT2D eigenvalue weighted by molar-refractivity contribution is 7.90. The maximum Gasteiger partial charge on any atom is 0.451 e. The van der Waals surface area contributed by atoms with Gasteiger partial charge in [-0.1, -0.05) is 25.0 Å². The van der Waals surface area contributed by atoms with Crippen molar-refractivity contribution in [1.82, 2.24) is 9.80 Å². The number of sulfone groups is 1. The van der Waals surface area contributed by atoms with E-state index in [0.717, 1.165) is 51.3 Å². The summed E-state index contributed by atoms with van der Waals surface area (Å²) in [6.45, 7) is 5.32. The van der Waals surface area contributed by atoms with Crippen LogP contribution in [0.5, 0.6) is 0 Å². The van der Waals surface area contributed by atoms with Gasteiger partial charge in [-0.05, 0) is 49.8 Å². The third kappa shape index (κ3) is 9.34. The van der Waals surface area contributed by atoms with Gasteiger partial charge in [-0.3, -0.25) is 9.69 Å². The van der Waals surface area contributed by atoms with Crippen molar-refractivity contribution >= 4 is 22.9 Å². The number of nitrogens with zero attached hydrogens (tertiary/aromatic N) is 2. The number of carbonyl (C=O) groups excluding carboxylic acids is 1. The van der Waals surface area contributed by atoms with E-state index >= 15 is 0 Å². The molecule has 4 N–H and O–H groups in total. The molecule has 1 aliphatic rings. The molecule has 1 aromatic rings. The largest absolute Gasteiger partial charge is 0.468 e. The van der Waals surface area contributed by atoms with Crippen molar-refractivity contribution in [2.75, 3.05) is 46.1 Å². The molecule has 1 aliphatic heterocycles. The Hall–Kier alpha value is -1.50. The Balaban J connectivity index is 1.74. The van der Waals surface area contributed by atoms with E-state index in [-0.39, 0.29) is 6.32 Å². The van der Waals surface area contributed by atoms with Crippen LogP contribution in [0.4, 0.5) is 0 Å². The summed E-state index contributed by atoms with van der Waals surface area (Å²) in [5.74, 6) is -0.418. The molecule has 1 saturated heterocycles. The molecule has 0 amide bonds. The highest BCUT2D eigenvalue weighted by atomic mass is 32.2.